The second-order valence-electron chi connectivity index (χ2n) is 5.88. The minimum atomic E-state index is -2.02. The number of rotatable bonds is 3. The maximum Gasteiger partial charge on any atom is 0.184 e. The van der Waals surface area contributed by atoms with Crippen molar-refractivity contribution in [3.63, 3.8) is 0 Å². The first kappa shape index (κ1) is 14.2. The Morgan fingerprint density at radius 2 is 2.00 bits per heavy atom. The molecule has 3 nitrogen and oxygen atoms in total. The monoisotopic (exact) mass is 272 g/mol. The third-order valence-corrected chi connectivity index (χ3v) is 5.58. The number of aliphatic hydroxyl groups excluding tert-OH is 1. The van der Waals surface area contributed by atoms with Crippen LogP contribution in [0.15, 0.2) is 11.0 Å². The minimum absolute atomic E-state index is 0.290. The molecule has 18 heavy (non-hydrogen) atoms. The lowest BCUT2D eigenvalue weighted by Crippen LogP contribution is -2.35. The zero-order valence-electron chi connectivity index (χ0n) is 11.0. The second kappa shape index (κ2) is 6.31. The maximum absolute atomic E-state index is 11.2. The van der Waals surface area contributed by atoms with E-state index in [4.69, 9.17) is 4.55 Å². The third-order valence-electron chi connectivity index (χ3n) is 4.87. The van der Waals surface area contributed by atoms with Crippen molar-refractivity contribution in [1.29, 1.82) is 0 Å². The van der Waals surface area contributed by atoms with Gasteiger partial charge in [-0.15, -0.1) is 0 Å². The van der Waals surface area contributed by atoms with E-state index >= 15 is 0 Å². The summed E-state index contributed by atoms with van der Waals surface area (Å²) >= 11 is -2.02. The van der Waals surface area contributed by atoms with Crippen molar-refractivity contribution in [2.24, 2.45) is 23.7 Å². The first-order chi connectivity index (χ1) is 8.63. The van der Waals surface area contributed by atoms with Crippen LogP contribution in [0.4, 0.5) is 0 Å². The molecule has 0 aromatic carbocycles. The Labute approximate surface area is 112 Å². The van der Waals surface area contributed by atoms with Gasteiger partial charge in [0.15, 0.2) is 11.1 Å². The lowest BCUT2D eigenvalue weighted by Gasteiger charge is -2.44. The highest BCUT2D eigenvalue weighted by atomic mass is 32.2. The molecule has 2 fully saturated rings. The van der Waals surface area contributed by atoms with Crippen LogP contribution in [0.5, 0.6) is 0 Å². The molecule has 0 bridgehead atoms. The van der Waals surface area contributed by atoms with E-state index in [1.165, 1.54) is 38.5 Å². The Kier molecular flexibility index (Phi) is 4.98. The minimum Gasteiger partial charge on any atom is -0.391 e. The summed E-state index contributed by atoms with van der Waals surface area (Å²) in [4.78, 5) is 0.290. The van der Waals surface area contributed by atoms with Crippen molar-refractivity contribution in [3.8, 4) is 0 Å². The van der Waals surface area contributed by atoms with E-state index < -0.39 is 11.1 Å². The molecule has 0 aromatic heterocycles. The lowest BCUT2D eigenvalue weighted by molar-refractivity contribution is 0.0894. The molecule has 0 heterocycles. The SMILES string of the molecule is CC1CCC2CCCCC2C1/C=C(/CO)S(=O)O. The zero-order chi connectivity index (χ0) is 13.1. The first-order valence-corrected chi connectivity index (χ1v) is 8.16. The molecule has 2 aliphatic rings. The van der Waals surface area contributed by atoms with E-state index in [-0.39, 0.29) is 11.5 Å². The predicted molar refractivity (Wildman–Crippen MR) is 73.3 cm³/mol. The molecular weight excluding hydrogens is 248 g/mol. The predicted octanol–water partition coefficient (Wildman–Crippen LogP) is 2.94. The Balaban J connectivity index is 2.19. The molecule has 2 rings (SSSR count). The molecule has 2 aliphatic carbocycles. The molecule has 0 aliphatic heterocycles. The number of fused-ring (bicyclic) bond motifs is 1. The quantitative estimate of drug-likeness (QED) is 0.777. The van der Waals surface area contributed by atoms with Gasteiger partial charge in [0.2, 0.25) is 0 Å². The highest BCUT2D eigenvalue weighted by Gasteiger charge is 2.37. The second-order valence-corrected chi connectivity index (χ2v) is 6.90. The summed E-state index contributed by atoms with van der Waals surface area (Å²) in [5.74, 6) is 2.40. The molecule has 0 amide bonds. The third kappa shape index (κ3) is 3.03. The Bertz CT molecular complexity index is 340. The first-order valence-electron chi connectivity index (χ1n) is 7.06. The van der Waals surface area contributed by atoms with Crippen LogP contribution >= 0.6 is 0 Å². The lowest BCUT2D eigenvalue weighted by atomic mass is 9.62. The van der Waals surface area contributed by atoms with Crippen molar-refractivity contribution in [1.82, 2.24) is 0 Å². The van der Waals surface area contributed by atoms with E-state index in [0.29, 0.717) is 17.8 Å². The van der Waals surface area contributed by atoms with Crippen molar-refractivity contribution in [2.45, 2.75) is 45.4 Å². The molecule has 0 radical (unpaired) electrons. The van der Waals surface area contributed by atoms with Gasteiger partial charge in [-0.2, -0.15) is 0 Å². The average molecular weight is 272 g/mol. The van der Waals surface area contributed by atoms with E-state index in [0.717, 1.165) is 5.92 Å². The number of aliphatic hydroxyl groups is 1. The van der Waals surface area contributed by atoms with E-state index in [1.54, 1.807) is 0 Å². The van der Waals surface area contributed by atoms with Crippen LogP contribution in [-0.2, 0) is 11.1 Å². The molecule has 5 unspecified atom stereocenters. The summed E-state index contributed by atoms with van der Waals surface area (Å²) in [7, 11) is 0. The van der Waals surface area contributed by atoms with Gasteiger partial charge in [-0.3, -0.25) is 0 Å². The molecule has 4 heteroatoms. The van der Waals surface area contributed by atoms with Crippen molar-refractivity contribution in [2.75, 3.05) is 6.61 Å². The smallest absolute Gasteiger partial charge is 0.184 e. The number of hydrogen-bond donors (Lipinski definition) is 2. The maximum atomic E-state index is 11.2. The topological polar surface area (TPSA) is 57.5 Å². The Morgan fingerprint density at radius 1 is 1.28 bits per heavy atom. The van der Waals surface area contributed by atoms with Gasteiger partial charge in [-0.1, -0.05) is 32.3 Å². The summed E-state index contributed by atoms with van der Waals surface area (Å²) in [6.07, 6.45) is 9.61. The number of allylic oxidation sites excluding steroid dienone is 1. The van der Waals surface area contributed by atoms with Crippen LogP contribution in [0.3, 0.4) is 0 Å². The van der Waals surface area contributed by atoms with Gasteiger partial charge in [-0.05, 0) is 42.9 Å². The fourth-order valence-corrected chi connectivity index (χ4v) is 4.25. The zero-order valence-corrected chi connectivity index (χ0v) is 11.9. The summed E-state index contributed by atoms with van der Waals surface area (Å²) < 4.78 is 20.3. The van der Waals surface area contributed by atoms with Crippen LogP contribution in [0.2, 0.25) is 0 Å². The number of hydrogen-bond acceptors (Lipinski definition) is 2. The van der Waals surface area contributed by atoms with Crippen LogP contribution in [0.25, 0.3) is 0 Å². The Hall–Kier alpha value is -0.190. The van der Waals surface area contributed by atoms with E-state index in [2.05, 4.69) is 6.92 Å². The van der Waals surface area contributed by atoms with Gasteiger partial charge in [0.05, 0.1) is 11.5 Å². The van der Waals surface area contributed by atoms with Gasteiger partial charge in [0, 0.05) is 0 Å². The van der Waals surface area contributed by atoms with Crippen LogP contribution < -0.4 is 0 Å². The highest BCUT2D eigenvalue weighted by molar-refractivity contribution is 7.83. The van der Waals surface area contributed by atoms with Gasteiger partial charge in [0.25, 0.3) is 0 Å². The van der Waals surface area contributed by atoms with Gasteiger partial charge < -0.3 is 9.66 Å². The summed E-state index contributed by atoms with van der Waals surface area (Å²) in [5.41, 5.74) is 0. The average Bonchev–Trinajstić information content (AvgIpc) is 2.37. The van der Waals surface area contributed by atoms with Crippen LogP contribution in [-0.4, -0.2) is 20.5 Å². The molecular formula is C14H24O3S. The fraction of sp³-hybridized carbons (Fsp3) is 0.857. The summed E-state index contributed by atoms with van der Waals surface area (Å²) in [6, 6.07) is 0. The van der Waals surface area contributed by atoms with Gasteiger partial charge in [-0.25, -0.2) is 4.21 Å². The largest absolute Gasteiger partial charge is 0.391 e. The Morgan fingerprint density at radius 3 is 2.67 bits per heavy atom. The molecule has 104 valence electrons. The molecule has 2 saturated carbocycles. The molecule has 0 aromatic rings. The van der Waals surface area contributed by atoms with Crippen LogP contribution in [0.1, 0.15) is 45.4 Å². The fourth-order valence-electron chi connectivity index (χ4n) is 3.86. The van der Waals surface area contributed by atoms with E-state index in [1.807, 2.05) is 6.08 Å². The molecule has 0 spiro atoms. The van der Waals surface area contributed by atoms with Crippen molar-refractivity contribution in [3.05, 3.63) is 11.0 Å². The standard InChI is InChI=1S/C14H24O3S/c1-10-6-7-11-4-2-3-5-13(11)14(10)8-12(9-15)18(16)17/h8,10-11,13-15H,2-7,9H2,1H3,(H,16,17)/b12-8-. The molecule has 5 atom stereocenters. The normalized spacial score (nSPS) is 39.2. The molecule has 0 saturated heterocycles. The van der Waals surface area contributed by atoms with Gasteiger partial charge in [0.1, 0.15) is 0 Å². The van der Waals surface area contributed by atoms with Gasteiger partial charge >= 0.3 is 0 Å². The van der Waals surface area contributed by atoms with E-state index in [9.17, 15) is 9.32 Å². The molecule has 2 N–H and O–H groups in total. The summed E-state index contributed by atoms with van der Waals surface area (Å²) in [6.45, 7) is 1.94. The van der Waals surface area contributed by atoms with Crippen molar-refractivity contribution >= 4 is 11.1 Å². The summed E-state index contributed by atoms with van der Waals surface area (Å²) in [5, 5.41) is 9.19. The van der Waals surface area contributed by atoms with Crippen LogP contribution in [0, 0.1) is 23.7 Å². The van der Waals surface area contributed by atoms with Crippen molar-refractivity contribution < 1.29 is 13.9 Å². The highest BCUT2D eigenvalue weighted by Crippen LogP contribution is 2.47.